The second-order valence-corrected chi connectivity index (χ2v) is 6.03. The Bertz CT molecular complexity index is 937. The van der Waals surface area contributed by atoms with Gasteiger partial charge in [0, 0.05) is 18.4 Å². The Kier molecular flexibility index (Phi) is 3.65. The number of benzene rings is 3. The minimum atomic E-state index is -0.588. The van der Waals surface area contributed by atoms with Crippen LogP contribution in [0.25, 0.3) is 0 Å². The van der Waals surface area contributed by atoms with E-state index >= 15 is 0 Å². The molecule has 0 bridgehead atoms. The summed E-state index contributed by atoms with van der Waals surface area (Å²) >= 11 is 0. The number of esters is 1. The minimum Gasteiger partial charge on any atom is -0.508 e. The van der Waals surface area contributed by atoms with Gasteiger partial charge in [0.1, 0.15) is 17.4 Å². The fourth-order valence-electron chi connectivity index (χ4n) is 3.33. The number of carbonyl (C=O) groups is 1. The Morgan fingerprint density at radius 2 is 1.60 bits per heavy atom. The van der Waals surface area contributed by atoms with Gasteiger partial charge in [0.25, 0.3) is 0 Å². The number of ether oxygens (including phenoxy) is 1. The van der Waals surface area contributed by atoms with Gasteiger partial charge >= 0.3 is 5.97 Å². The van der Waals surface area contributed by atoms with Gasteiger partial charge in [-0.05, 0) is 47.5 Å². The van der Waals surface area contributed by atoms with Crippen LogP contribution in [0.5, 0.6) is 11.5 Å². The van der Waals surface area contributed by atoms with Crippen molar-refractivity contribution >= 4 is 17.3 Å². The molecule has 1 N–H and O–H groups in total. The zero-order chi connectivity index (χ0) is 17.4. The van der Waals surface area contributed by atoms with Crippen LogP contribution in [0.1, 0.15) is 17.0 Å². The van der Waals surface area contributed by atoms with Gasteiger partial charge in [-0.3, -0.25) is 4.79 Å². The number of anilines is 2. The molecule has 0 fully saturated rings. The van der Waals surface area contributed by atoms with E-state index in [0.717, 1.165) is 22.5 Å². The van der Waals surface area contributed by atoms with Crippen LogP contribution in [0, 0.1) is 0 Å². The molecule has 0 spiro atoms. The number of para-hydroxylation sites is 2. The monoisotopic (exact) mass is 331 g/mol. The van der Waals surface area contributed by atoms with E-state index in [1.807, 2.05) is 60.5 Å². The highest BCUT2D eigenvalue weighted by Crippen LogP contribution is 2.46. The summed E-state index contributed by atoms with van der Waals surface area (Å²) in [6.07, 6.45) is 0. The zero-order valence-corrected chi connectivity index (χ0v) is 13.7. The Balaban J connectivity index is 1.83. The molecule has 0 amide bonds. The van der Waals surface area contributed by atoms with E-state index in [2.05, 4.69) is 0 Å². The van der Waals surface area contributed by atoms with Gasteiger partial charge < -0.3 is 14.7 Å². The summed E-state index contributed by atoms with van der Waals surface area (Å²) in [6.45, 7) is 0. The topological polar surface area (TPSA) is 49.8 Å². The highest BCUT2D eigenvalue weighted by atomic mass is 16.5. The molecule has 3 aromatic carbocycles. The molecule has 124 valence electrons. The summed E-state index contributed by atoms with van der Waals surface area (Å²) in [7, 11) is 1.95. The maximum atomic E-state index is 13.0. The third kappa shape index (κ3) is 2.62. The van der Waals surface area contributed by atoms with Crippen LogP contribution in [0.2, 0.25) is 0 Å². The van der Waals surface area contributed by atoms with Gasteiger partial charge in [-0.1, -0.05) is 36.4 Å². The van der Waals surface area contributed by atoms with Gasteiger partial charge in [0.2, 0.25) is 0 Å². The molecule has 4 nitrogen and oxygen atoms in total. The number of rotatable bonds is 2. The quantitative estimate of drug-likeness (QED) is 0.564. The first kappa shape index (κ1) is 15.3. The molecule has 1 atom stereocenters. The molecule has 1 aliphatic rings. The van der Waals surface area contributed by atoms with Crippen molar-refractivity contribution in [1.29, 1.82) is 0 Å². The highest BCUT2D eigenvalue weighted by Gasteiger charge is 2.35. The van der Waals surface area contributed by atoms with E-state index in [4.69, 9.17) is 4.74 Å². The molecule has 4 rings (SSSR count). The van der Waals surface area contributed by atoms with Crippen molar-refractivity contribution in [2.75, 3.05) is 11.9 Å². The fraction of sp³-hybridized carbons (Fsp3) is 0.0952. The predicted octanol–water partition coefficient (Wildman–Crippen LogP) is 4.21. The average Bonchev–Trinajstić information content (AvgIpc) is 2.62. The summed E-state index contributed by atoms with van der Waals surface area (Å²) in [5.41, 5.74) is 3.44. The van der Waals surface area contributed by atoms with Crippen LogP contribution in [0.15, 0.2) is 72.8 Å². The van der Waals surface area contributed by atoms with Crippen molar-refractivity contribution in [3.63, 3.8) is 0 Å². The molecule has 0 radical (unpaired) electrons. The van der Waals surface area contributed by atoms with Crippen molar-refractivity contribution in [2.24, 2.45) is 0 Å². The first-order valence-corrected chi connectivity index (χ1v) is 8.07. The maximum absolute atomic E-state index is 13.0. The van der Waals surface area contributed by atoms with Crippen molar-refractivity contribution in [3.8, 4) is 11.5 Å². The molecule has 1 aliphatic heterocycles. The molecule has 3 aromatic rings. The van der Waals surface area contributed by atoms with Crippen LogP contribution >= 0.6 is 0 Å². The minimum absolute atomic E-state index is 0.129. The van der Waals surface area contributed by atoms with Crippen LogP contribution in [-0.4, -0.2) is 18.1 Å². The summed E-state index contributed by atoms with van der Waals surface area (Å²) in [5.74, 6) is -0.317. The summed E-state index contributed by atoms with van der Waals surface area (Å²) in [5, 5.41) is 9.94. The molecule has 1 heterocycles. The van der Waals surface area contributed by atoms with Crippen molar-refractivity contribution in [1.82, 2.24) is 0 Å². The van der Waals surface area contributed by atoms with Gasteiger partial charge in [-0.2, -0.15) is 0 Å². The third-order valence-corrected chi connectivity index (χ3v) is 4.49. The zero-order valence-electron chi connectivity index (χ0n) is 13.7. The molecular weight excluding hydrogens is 314 g/mol. The summed E-state index contributed by atoms with van der Waals surface area (Å²) in [4.78, 5) is 15.0. The molecule has 25 heavy (non-hydrogen) atoms. The Morgan fingerprint density at radius 1 is 0.920 bits per heavy atom. The molecule has 1 unspecified atom stereocenters. The second-order valence-electron chi connectivity index (χ2n) is 6.03. The Morgan fingerprint density at radius 3 is 2.40 bits per heavy atom. The second kappa shape index (κ2) is 5.98. The van der Waals surface area contributed by atoms with Crippen molar-refractivity contribution in [2.45, 2.75) is 5.92 Å². The van der Waals surface area contributed by atoms with Gasteiger partial charge in [-0.15, -0.1) is 0 Å². The maximum Gasteiger partial charge on any atom is 0.323 e. The van der Waals surface area contributed by atoms with E-state index in [-0.39, 0.29) is 11.7 Å². The largest absolute Gasteiger partial charge is 0.508 e. The normalized spacial score (nSPS) is 15.2. The lowest BCUT2D eigenvalue weighted by Crippen LogP contribution is -2.28. The average molecular weight is 331 g/mol. The lowest BCUT2D eigenvalue weighted by Gasteiger charge is -2.34. The van der Waals surface area contributed by atoms with Crippen molar-refractivity contribution in [3.05, 3.63) is 83.9 Å². The summed E-state index contributed by atoms with van der Waals surface area (Å²) < 4.78 is 5.60. The van der Waals surface area contributed by atoms with E-state index in [1.54, 1.807) is 24.3 Å². The Labute approximate surface area is 145 Å². The van der Waals surface area contributed by atoms with Gasteiger partial charge in [-0.25, -0.2) is 0 Å². The molecule has 0 aromatic heterocycles. The number of phenolic OH excluding ortho intramolecular Hbond substituents is 1. The number of fused-ring (bicyclic) bond motifs is 2. The lowest BCUT2D eigenvalue weighted by atomic mass is 9.85. The number of carbonyl (C=O) groups excluding carboxylic acids is 1. The molecular formula is C21H17NO3. The first-order chi connectivity index (χ1) is 12.1. The Hall–Kier alpha value is -3.27. The smallest absolute Gasteiger partial charge is 0.323 e. The van der Waals surface area contributed by atoms with Gasteiger partial charge in [0.15, 0.2) is 0 Å². The molecule has 4 heteroatoms. The first-order valence-electron chi connectivity index (χ1n) is 8.07. The van der Waals surface area contributed by atoms with E-state index in [0.29, 0.717) is 5.75 Å². The van der Waals surface area contributed by atoms with Crippen LogP contribution in [-0.2, 0) is 4.79 Å². The van der Waals surface area contributed by atoms with Crippen molar-refractivity contribution < 1.29 is 14.6 Å². The van der Waals surface area contributed by atoms with E-state index in [9.17, 15) is 9.90 Å². The van der Waals surface area contributed by atoms with E-state index in [1.165, 1.54) is 0 Å². The number of nitrogens with zero attached hydrogens (tertiary/aromatic N) is 1. The highest BCUT2D eigenvalue weighted by molar-refractivity contribution is 5.92. The van der Waals surface area contributed by atoms with Crippen LogP contribution < -0.4 is 9.64 Å². The van der Waals surface area contributed by atoms with Gasteiger partial charge in [0.05, 0.1) is 0 Å². The lowest BCUT2D eigenvalue weighted by molar-refractivity contribution is -0.135. The van der Waals surface area contributed by atoms with Crippen LogP contribution in [0.4, 0.5) is 11.4 Å². The third-order valence-electron chi connectivity index (χ3n) is 4.49. The number of phenols is 1. The molecule has 0 saturated heterocycles. The fourth-order valence-corrected chi connectivity index (χ4v) is 3.33. The number of aromatic hydroxyl groups is 1. The van der Waals surface area contributed by atoms with E-state index < -0.39 is 5.92 Å². The number of hydrogen-bond acceptors (Lipinski definition) is 4. The summed E-state index contributed by atoms with van der Waals surface area (Å²) in [6, 6.07) is 21.9. The van der Waals surface area contributed by atoms with Crippen LogP contribution in [0.3, 0.4) is 0 Å². The SMILES string of the molecule is CN1c2ccccc2C(C(=O)Oc2ccccc2)c2cc(O)ccc21. The molecule has 0 aliphatic carbocycles. The molecule has 0 saturated carbocycles. The standard InChI is InChI=1S/C21H17NO3/c1-22-18-10-6-5-9-16(18)20(17-13-14(23)11-12-19(17)22)21(24)25-15-7-3-2-4-8-15/h2-13,20,23H,1H3. The predicted molar refractivity (Wildman–Crippen MR) is 96.5 cm³/mol. The number of hydrogen-bond donors (Lipinski definition) is 1.